The molecule has 0 aromatic heterocycles. The lowest BCUT2D eigenvalue weighted by atomic mass is 9.95. The van der Waals surface area contributed by atoms with E-state index in [0.717, 1.165) is 32.1 Å². The van der Waals surface area contributed by atoms with Gasteiger partial charge in [-0.15, -0.1) is 0 Å². The molecular weight excluding hydrogens is 250 g/mol. The fraction of sp³-hybridized carbons (Fsp3) is 0.923. The van der Waals surface area contributed by atoms with Crippen molar-refractivity contribution in [2.24, 2.45) is 0 Å². The van der Waals surface area contributed by atoms with Crippen LogP contribution in [-0.2, 0) is 9.53 Å². The Morgan fingerprint density at radius 1 is 1.21 bits per heavy atom. The summed E-state index contributed by atoms with van der Waals surface area (Å²) in [5, 5.41) is 20.6. The minimum atomic E-state index is -1.98. The van der Waals surface area contributed by atoms with Crippen LogP contribution in [0.5, 0.6) is 0 Å². The minimum Gasteiger partial charge on any atom is -0.464 e. The summed E-state index contributed by atoms with van der Waals surface area (Å²) in [6.45, 7) is 3.04. The Morgan fingerprint density at radius 2 is 1.79 bits per heavy atom. The molecule has 0 bridgehead atoms. The highest BCUT2D eigenvalue weighted by Crippen LogP contribution is 2.19. The number of unbranched alkanes of at least 4 members (excludes halogenated alkanes) is 5. The molecule has 6 heteroatoms. The summed E-state index contributed by atoms with van der Waals surface area (Å²) >= 11 is 0. The van der Waals surface area contributed by atoms with E-state index in [4.69, 9.17) is 4.74 Å². The van der Waals surface area contributed by atoms with Gasteiger partial charge in [0.1, 0.15) is 0 Å². The molecular formula is C13H25NO5. The van der Waals surface area contributed by atoms with Crippen LogP contribution in [0.2, 0.25) is 0 Å². The monoisotopic (exact) mass is 275 g/mol. The second kappa shape index (κ2) is 9.72. The average molecular weight is 275 g/mol. The molecule has 6 nitrogen and oxygen atoms in total. The van der Waals surface area contributed by atoms with E-state index >= 15 is 0 Å². The van der Waals surface area contributed by atoms with Crippen molar-refractivity contribution in [2.45, 2.75) is 64.4 Å². The number of carbonyl (C=O) groups excluding carboxylic acids is 1. The lowest BCUT2D eigenvalue weighted by Gasteiger charge is -2.21. The molecule has 0 fully saturated rings. The Bertz CT molecular complexity index is 282. The summed E-state index contributed by atoms with van der Waals surface area (Å²) in [5.41, 5.74) is -1.98. The largest absolute Gasteiger partial charge is 0.464 e. The van der Waals surface area contributed by atoms with Gasteiger partial charge in [0.25, 0.3) is 0 Å². The summed E-state index contributed by atoms with van der Waals surface area (Å²) < 4.78 is 4.71. The third-order valence-corrected chi connectivity index (χ3v) is 2.99. The lowest BCUT2D eigenvalue weighted by molar-refractivity contribution is -0.497. The summed E-state index contributed by atoms with van der Waals surface area (Å²) in [6, 6.07) is 0. The number of nitro groups is 1. The third kappa shape index (κ3) is 7.77. The molecule has 0 spiro atoms. The maximum atomic E-state index is 11.6. The van der Waals surface area contributed by atoms with Crippen LogP contribution < -0.4 is 0 Å². The van der Waals surface area contributed by atoms with Gasteiger partial charge in [-0.1, -0.05) is 39.0 Å². The molecule has 0 aliphatic carbocycles. The van der Waals surface area contributed by atoms with Crippen LogP contribution in [-0.4, -0.2) is 34.8 Å². The van der Waals surface area contributed by atoms with Crippen molar-refractivity contribution in [3.63, 3.8) is 0 Å². The van der Waals surface area contributed by atoms with Crippen molar-refractivity contribution in [3.05, 3.63) is 10.1 Å². The second-order valence-corrected chi connectivity index (χ2v) is 4.76. The first kappa shape index (κ1) is 17.8. The van der Waals surface area contributed by atoms with E-state index in [1.165, 1.54) is 0 Å². The van der Waals surface area contributed by atoms with E-state index in [-0.39, 0.29) is 13.0 Å². The highest BCUT2D eigenvalue weighted by Gasteiger charge is 2.42. The number of ether oxygens (including phenoxy) is 1. The summed E-state index contributed by atoms with van der Waals surface area (Å²) in [7, 11) is 0. The van der Waals surface area contributed by atoms with Gasteiger partial charge in [-0.05, 0) is 19.8 Å². The van der Waals surface area contributed by atoms with Crippen LogP contribution in [0.25, 0.3) is 0 Å². The Balaban J connectivity index is 4.19. The molecule has 0 unspecified atom stereocenters. The van der Waals surface area contributed by atoms with Crippen molar-refractivity contribution in [3.8, 4) is 0 Å². The maximum absolute atomic E-state index is 11.6. The molecule has 0 aromatic carbocycles. The molecule has 0 radical (unpaired) electrons. The number of aliphatic hydroxyl groups is 1. The van der Waals surface area contributed by atoms with Gasteiger partial charge in [-0.3, -0.25) is 10.1 Å². The molecule has 0 amide bonds. The quantitative estimate of drug-likeness (QED) is 0.270. The smallest absolute Gasteiger partial charge is 0.345 e. The van der Waals surface area contributed by atoms with Crippen LogP contribution in [0, 0.1) is 10.1 Å². The third-order valence-electron chi connectivity index (χ3n) is 2.99. The van der Waals surface area contributed by atoms with Gasteiger partial charge >= 0.3 is 5.97 Å². The predicted octanol–water partition coefficient (Wildman–Crippen LogP) is 2.31. The number of rotatable bonds is 11. The van der Waals surface area contributed by atoms with Gasteiger partial charge in [0, 0.05) is 4.92 Å². The molecule has 0 saturated carbocycles. The Labute approximate surface area is 114 Å². The molecule has 0 aliphatic rings. The lowest BCUT2D eigenvalue weighted by Crippen LogP contribution is -2.46. The van der Waals surface area contributed by atoms with Crippen molar-refractivity contribution in [1.82, 2.24) is 0 Å². The molecule has 0 heterocycles. The summed E-state index contributed by atoms with van der Waals surface area (Å²) in [6.07, 6.45) is 5.98. The van der Waals surface area contributed by atoms with Crippen LogP contribution in [0.4, 0.5) is 0 Å². The van der Waals surface area contributed by atoms with Crippen molar-refractivity contribution in [2.75, 3.05) is 13.2 Å². The zero-order chi connectivity index (χ0) is 14.7. The van der Waals surface area contributed by atoms with E-state index in [9.17, 15) is 20.0 Å². The first-order valence-corrected chi connectivity index (χ1v) is 6.97. The summed E-state index contributed by atoms with van der Waals surface area (Å²) in [4.78, 5) is 21.5. The van der Waals surface area contributed by atoms with Crippen molar-refractivity contribution >= 4 is 5.97 Å². The van der Waals surface area contributed by atoms with Crippen LogP contribution in [0.15, 0.2) is 0 Å². The van der Waals surface area contributed by atoms with Crippen molar-refractivity contribution < 1.29 is 19.6 Å². The Hall–Kier alpha value is -1.17. The first-order chi connectivity index (χ1) is 8.96. The van der Waals surface area contributed by atoms with Gasteiger partial charge < -0.3 is 9.84 Å². The molecule has 0 aliphatic heterocycles. The second-order valence-electron chi connectivity index (χ2n) is 4.76. The standard InChI is InChI=1S/C13H25NO5/c1-3-5-6-7-8-9-10-13(16,11-14(17)18)12(15)19-4-2/h16H,3-11H2,1-2H3/t13-/m1/s1. The van der Waals surface area contributed by atoms with Gasteiger partial charge in [0.2, 0.25) is 12.1 Å². The SMILES string of the molecule is CCCCCCCC[C@@](O)(C[N+](=O)[O-])C(=O)OCC. The predicted molar refractivity (Wildman–Crippen MR) is 71.4 cm³/mol. The molecule has 1 atom stereocenters. The van der Waals surface area contributed by atoms with E-state index in [1.54, 1.807) is 6.92 Å². The van der Waals surface area contributed by atoms with Gasteiger partial charge in [-0.25, -0.2) is 4.79 Å². The molecule has 112 valence electrons. The number of carbonyl (C=O) groups is 1. The van der Waals surface area contributed by atoms with Gasteiger partial charge in [0.05, 0.1) is 6.61 Å². The number of hydrogen-bond acceptors (Lipinski definition) is 5. The van der Waals surface area contributed by atoms with E-state index < -0.39 is 23.0 Å². The molecule has 0 aromatic rings. The van der Waals surface area contributed by atoms with E-state index in [0.29, 0.717) is 6.42 Å². The topological polar surface area (TPSA) is 89.7 Å². The highest BCUT2D eigenvalue weighted by molar-refractivity contribution is 5.79. The molecule has 0 rings (SSSR count). The van der Waals surface area contributed by atoms with Crippen LogP contribution >= 0.6 is 0 Å². The highest BCUT2D eigenvalue weighted by atomic mass is 16.6. The Kier molecular flexibility index (Phi) is 9.12. The molecule has 1 N–H and O–H groups in total. The number of hydrogen-bond donors (Lipinski definition) is 1. The first-order valence-electron chi connectivity index (χ1n) is 6.97. The maximum Gasteiger partial charge on any atom is 0.345 e. The van der Waals surface area contributed by atoms with Crippen molar-refractivity contribution in [1.29, 1.82) is 0 Å². The number of esters is 1. The van der Waals surface area contributed by atoms with Crippen LogP contribution in [0.3, 0.4) is 0 Å². The normalized spacial score (nSPS) is 13.8. The van der Waals surface area contributed by atoms with Crippen LogP contribution in [0.1, 0.15) is 58.8 Å². The molecule has 19 heavy (non-hydrogen) atoms. The zero-order valence-electron chi connectivity index (χ0n) is 11.9. The average Bonchev–Trinajstić information content (AvgIpc) is 2.33. The molecule has 0 saturated heterocycles. The van der Waals surface area contributed by atoms with E-state index in [1.807, 2.05) is 0 Å². The van der Waals surface area contributed by atoms with E-state index in [2.05, 4.69) is 6.92 Å². The fourth-order valence-corrected chi connectivity index (χ4v) is 1.92. The van der Waals surface area contributed by atoms with Gasteiger partial charge in [-0.2, -0.15) is 0 Å². The zero-order valence-corrected chi connectivity index (χ0v) is 11.9. The summed E-state index contributed by atoms with van der Waals surface area (Å²) in [5.74, 6) is -0.889. The fourth-order valence-electron chi connectivity index (χ4n) is 1.92. The minimum absolute atomic E-state index is 0.0823. The number of nitrogens with zero attached hydrogens (tertiary/aromatic N) is 1. The Morgan fingerprint density at radius 3 is 2.32 bits per heavy atom. The van der Waals surface area contributed by atoms with Gasteiger partial charge in [0.15, 0.2) is 0 Å².